The zero-order valence-corrected chi connectivity index (χ0v) is 17.2. The Labute approximate surface area is 245 Å². The SMILES string of the molecule is O=C(O)c1cc(=O)c2c(OCC(O)COc3cccc4oc(C(=O)O)cc(=O)c34)cccc2o1.[NaH].[NaH]. The summed E-state index contributed by atoms with van der Waals surface area (Å²) in [6.45, 7) is -0.608. The van der Waals surface area contributed by atoms with Crippen LogP contribution < -0.4 is 20.3 Å². The molecule has 0 aliphatic rings. The number of hydrogen-bond acceptors (Lipinski definition) is 9. The quantitative estimate of drug-likeness (QED) is 0.283. The Morgan fingerprint density at radius 3 is 1.50 bits per heavy atom. The summed E-state index contributed by atoms with van der Waals surface area (Å²) in [5, 5.41) is 28.4. The topological polar surface area (TPSA) is 174 Å². The first kappa shape index (κ1) is 29.6. The monoisotopic (exact) mass is 516 g/mol. The first-order valence-electron chi connectivity index (χ1n) is 9.78. The number of benzene rings is 2. The van der Waals surface area contributed by atoms with Gasteiger partial charge in [-0.1, -0.05) is 12.1 Å². The minimum absolute atomic E-state index is 0. The molecule has 0 atom stereocenters. The Morgan fingerprint density at radius 2 is 1.14 bits per heavy atom. The van der Waals surface area contributed by atoms with Gasteiger partial charge in [0.05, 0.1) is 0 Å². The molecule has 0 fully saturated rings. The first-order valence-corrected chi connectivity index (χ1v) is 9.78. The third-order valence-electron chi connectivity index (χ3n) is 4.72. The molecule has 13 heteroatoms. The van der Waals surface area contributed by atoms with Crippen LogP contribution in [0.3, 0.4) is 0 Å². The Bertz CT molecular complexity index is 1430. The average molecular weight is 516 g/mol. The van der Waals surface area contributed by atoms with Crippen molar-refractivity contribution in [3.8, 4) is 11.5 Å². The van der Waals surface area contributed by atoms with Crippen LogP contribution in [0.15, 0.2) is 67.0 Å². The Hall–Kier alpha value is -2.64. The van der Waals surface area contributed by atoms with Crippen molar-refractivity contribution in [3.05, 3.63) is 80.5 Å². The summed E-state index contributed by atoms with van der Waals surface area (Å²) < 4.78 is 21.4. The number of fused-ring (bicyclic) bond motifs is 2. The van der Waals surface area contributed by atoms with Gasteiger partial charge in [-0.2, -0.15) is 0 Å². The molecule has 0 aliphatic heterocycles. The molecular formula is C23H18Na2O11. The number of aliphatic hydroxyl groups excluding tert-OH is 1. The number of carbonyl (C=O) groups is 2. The van der Waals surface area contributed by atoms with E-state index >= 15 is 0 Å². The zero-order chi connectivity index (χ0) is 24.4. The van der Waals surface area contributed by atoms with Crippen molar-refractivity contribution in [3.63, 3.8) is 0 Å². The standard InChI is InChI=1S/C23H16O11.2Na.2H/c24-11(9-31-14-3-1-5-16-20(14)12(25)7-18(33-16)22(27)28)10-32-15-4-2-6-17-21(15)13(26)8-19(34-17)23(29)30;;;;/h1-8,11,24H,9-10H2,(H,27,28)(H,29,30);;;;. The molecule has 2 heterocycles. The van der Waals surface area contributed by atoms with Crippen LogP contribution in [-0.2, 0) is 0 Å². The second-order valence-corrected chi connectivity index (χ2v) is 7.09. The Morgan fingerprint density at radius 1 is 0.750 bits per heavy atom. The summed E-state index contributed by atoms with van der Waals surface area (Å²) in [5.41, 5.74) is -1.22. The molecule has 0 aliphatic carbocycles. The number of carboxylic acids is 2. The summed E-state index contributed by atoms with van der Waals surface area (Å²) in [7, 11) is 0. The van der Waals surface area contributed by atoms with E-state index < -0.39 is 40.4 Å². The van der Waals surface area contributed by atoms with Gasteiger partial charge in [-0.15, -0.1) is 0 Å². The third kappa shape index (κ3) is 6.37. The van der Waals surface area contributed by atoms with Crippen molar-refractivity contribution in [1.29, 1.82) is 0 Å². The molecule has 0 saturated heterocycles. The van der Waals surface area contributed by atoms with Crippen molar-refractivity contribution in [2.75, 3.05) is 13.2 Å². The molecule has 0 unspecified atom stereocenters. The Balaban J connectivity index is 0.00000228. The molecular weight excluding hydrogens is 498 g/mol. The summed E-state index contributed by atoms with van der Waals surface area (Å²) in [6.07, 6.45) is -1.19. The number of rotatable bonds is 8. The first-order chi connectivity index (χ1) is 16.2. The van der Waals surface area contributed by atoms with Crippen molar-refractivity contribution >= 4 is 93.0 Å². The summed E-state index contributed by atoms with van der Waals surface area (Å²) >= 11 is 0. The predicted molar refractivity (Wildman–Crippen MR) is 130 cm³/mol. The molecule has 0 amide bonds. The van der Waals surface area contributed by atoms with Crippen molar-refractivity contribution in [2.24, 2.45) is 0 Å². The van der Waals surface area contributed by atoms with E-state index in [-0.39, 0.29) is 106 Å². The van der Waals surface area contributed by atoms with E-state index in [0.29, 0.717) is 0 Å². The van der Waals surface area contributed by atoms with Crippen molar-refractivity contribution < 1.29 is 43.2 Å². The molecule has 2 aromatic heterocycles. The van der Waals surface area contributed by atoms with Crippen LogP contribution in [0.5, 0.6) is 11.5 Å². The fraction of sp³-hybridized carbons (Fsp3) is 0.130. The van der Waals surface area contributed by atoms with Crippen LogP contribution in [0.1, 0.15) is 21.1 Å². The van der Waals surface area contributed by atoms with Gasteiger partial charge < -0.3 is 33.6 Å². The van der Waals surface area contributed by atoms with Crippen LogP contribution in [0.4, 0.5) is 0 Å². The van der Waals surface area contributed by atoms with E-state index in [9.17, 15) is 24.3 Å². The molecule has 4 rings (SSSR count). The number of carboxylic acid groups (broad SMARTS) is 2. The third-order valence-corrected chi connectivity index (χ3v) is 4.72. The van der Waals surface area contributed by atoms with E-state index in [1.807, 2.05) is 0 Å². The molecule has 0 bridgehead atoms. The molecule has 178 valence electrons. The van der Waals surface area contributed by atoms with Crippen molar-refractivity contribution in [2.45, 2.75) is 6.10 Å². The van der Waals surface area contributed by atoms with E-state index in [0.717, 1.165) is 12.1 Å². The molecule has 2 aromatic carbocycles. The fourth-order valence-corrected chi connectivity index (χ4v) is 3.23. The molecule has 0 radical (unpaired) electrons. The number of aromatic carboxylic acids is 2. The van der Waals surface area contributed by atoms with Crippen molar-refractivity contribution in [1.82, 2.24) is 0 Å². The zero-order valence-electron chi connectivity index (χ0n) is 17.2. The summed E-state index contributed by atoms with van der Waals surface area (Å²) in [4.78, 5) is 46.8. The molecule has 3 N–H and O–H groups in total. The van der Waals surface area contributed by atoms with E-state index in [4.69, 9.17) is 28.5 Å². The minimum atomic E-state index is -1.39. The van der Waals surface area contributed by atoms with Gasteiger partial charge in [-0.3, -0.25) is 9.59 Å². The molecule has 11 nitrogen and oxygen atoms in total. The predicted octanol–water partition coefficient (Wildman–Crippen LogP) is 0.817. The van der Waals surface area contributed by atoms with Crippen LogP contribution in [0, 0.1) is 0 Å². The Kier molecular flexibility index (Phi) is 10.3. The second kappa shape index (κ2) is 12.5. The van der Waals surface area contributed by atoms with Crippen LogP contribution in [0.25, 0.3) is 21.9 Å². The molecule has 36 heavy (non-hydrogen) atoms. The molecule has 4 aromatic rings. The summed E-state index contributed by atoms with van der Waals surface area (Å²) in [6, 6.07) is 10.4. The fourth-order valence-electron chi connectivity index (χ4n) is 3.23. The average Bonchev–Trinajstić information content (AvgIpc) is 2.80. The van der Waals surface area contributed by atoms with Gasteiger partial charge in [0, 0.05) is 12.1 Å². The van der Waals surface area contributed by atoms with Gasteiger partial charge >= 0.3 is 71.1 Å². The van der Waals surface area contributed by atoms with Crippen LogP contribution in [-0.4, -0.2) is 106 Å². The van der Waals surface area contributed by atoms with Crippen LogP contribution in [0.2, 0.25) is 0 Å². The second-order valence-electron chi connectivity index (χ2n) is 7.09. The van der Waals surface area contributed by atoms with Gasteiger partial charge in [-0.25, -0.2) is 9.59 Å². The summed E-state index contributed by atoms with van der Waals surface area (Å²) in [5.74, 6) is -3.65. The van der Waals surface area contributed by atoms with Gasteiger partial charge in [0.1, 0.15) is 52.8 Å². The number of aliphatic hydroxyl groups is 1. The molecule has 0 spiro atoms. The van der Waals surface area contributed by atoms with E-state index in [1.54, 1.807) is 0 Å². The number of hydrogen-bond donors (Lipinski definition) is 3. The van der Waals surface area contributed by atoms with E-state index in [2.05, 4.69) is 0 Å². The van der Waals surface area contributed by atoms with E-state index in [1.165, 1.54) is 36.4 Å². The maximum absolute atomic E-state index is 12.3. The normalized spacial score (nSPS) is 10.5. The maximum atomic E-state index is 12.3. The van der Waals surface area contributed by atoms with Crippen LogP contribution >= 0.6 is 0 Å². The number of ether oxygens (including phenoxy) is 2. The van der Waals surface area contributed by atoms with Gasteiger partial charge in [0.2, 0.25) is 11.5 Å². The van der Waals surface area contributed by atoms with Gasteiger partial charge in [0.15, 0.2) is 10.9 Å². The van der Waals surface area contributed by atoms with Gasteiger partial charge in [0.25, 0.3) is 0 Å². The molecule has 0 saturated carbocycles. The van der Waals surface area contributed by atoms with Gasteiger partial charge in [-0.05, 0) is 24.3 Å².